The monoisotopic (exact) mass is 474 g/mol. The van der Waals surface area contributed by atoms with E-state index in [0.29, 0.717) is 29.3 Å². The molecule has 0 radical (unpaired) electrons. The Balaban J connectivity index is 1.59. The summed E-state index contributed by atoms with van der Waals surface area (Å²) < 4.78 is 2.27. The average molecular weight is 475 g/mol. The fourth-order valence-corrected chi connectivity index (χ4v) is 4.71. The predicted octanol–water partition coefficient (Wildman–Crippen LogP) is 4.60. The third-order valence-electron chi connectivity index (χ3n) is 6.53. The molecule has 4 aromatic rings. The van der Waals surface area contributed by atoms with Gasteiger partial charge >= 0.3 is 5.69 Å². The molecule has 4 rings (SSSR count). The lowest BCUT2D eigenvalue weighted by Crippen LogP contribution is -2.27. The lowest BCUT2D eigenvalue weighted by atomic mass is 10.1. The Kier molecular flexibility index (Phi) is 7.51. The summed E-state index contributed by atoms with van der Waals surface area (Å²) in [6.45, 7) is 12.5. The molecule has 35 heavy (non-hydrogen) atoms. The van der Waals surface area contributed by atoms with Crippen LogP contribution in [0.25, 0.3) is 21.8 Å². The number of benzene rings is 2. The molecule has 2 aromatic heterocycles. The Labute approximate surface area is 205 Å². The largest absolute Gasteiger partial charge is 0.369 e. The van der Waals surface area contributed by atoms with E-state index in [4.69, 9.17) is 0 Å². The van der Waals surface area contributed by atoms with Gasteiger partial charge in [0.2, 0.25) is 0 Å². The van der Waals surface area contributed by atoms with Crippen molar-refractivity contribution in [1.82, 2.24) is 19.4 Å². The number of rotatable bonds is 10. The van der Waals surface area contributed by atoms with Gasteiger partial charge in [0.05, 0.1) is 0 Å². The number of nitrogens with one attached hydrogen (secondary N) is 3. The fraction of sp³-hybridized carbons (Fsp3) is 0.370. The summed E-state index contributed by atoms with van der Waals surface area (Å²) in [7, 11) is 0. The Hall–Kier alpha value is -3.65. The maximum Gasteiger partial charge on any atom is 0.347 e. The Morgan fingerprint density at radius 3 is 2.54 bits per heavy atom. The van der Waals surface area contributed by atoms with E-state index in [2.05, 4.69) is 63.0 Å². The van der Waals surface area contributed by atoms with Gasteiger partial charge in [-0.05, 0) is 64.2 Å². The Morgan fingerprint density at radius 2 is 1.80 bits per heavy atom. The zero-order chi connectivity index (χ0) is 24.9. The number of para-hydroxylation sites is 1. The van der Waals surface area contributed by atoms with Crippen molar-refractivity contribution in [2.24, 2.45) is 0 Å². The van der Waals surface area contributed by atoms with Crippen molar-refractivity contribution in [3.8, 4) is 0 Å². The second kappa shape index (κ2) is 10.7. The molecule has 8 nitrogen and oxygen atoms in total. The van der Waals surface area contributed by atoms with Crippen LogP contribution in [-0.2, 0) is 6.54 Å². The number of aryl methyl sites for hydroxylation is 2. The first-order valence-corrected chi connectivity index (χ1v) is 12.4. The topological polar surface area (TPSA) is 95.1 Å². The quantitative estimate of drug-likeness (QED) is 0.292. The van der Waals surface area contributed by atoms with Crippen molar-refractivity contribution >= 4 is 39.2 Å². The number of carbonyl (C=O) groups is 1. The number of anilines is 2. The van der Waals surface area contributed by atoms with Gasteiger partial charge in [0.15, 0.2) is 0 Å². The van der Waals surface area contributed by atoms with Crippen LogP contribution in [0.3, 0.4) is 0 Å². The average Bonchev–Trinajstić information content (AvgIpc) is 3.16. The molecule has 0 unspecified atom stereocenters. The standard InChI is InChI=1S/C27H34N6O2/c1-5-32(6-2)16-10-15-28-25-24(18(4)29-27(35)31-25)26(34)30-19-13-14-23-21(17-19)20-11-8-9-12-22(20)33(23)7-3/h8-9,11-14,17H,5-7,10,15-16H2,1-4H3,(H,30,34)(H2,28,29,31,35). The van der Waals surface area contributed by atoms with Crippen molar-refractivity contribution in [2.75, 3.05) is 36.8 Å². The molecule has 0 aliphatic carbocycles. The summed E-state index contributed by atoms with van der Waals surface area (Å²) >= 11 is 0. The second-order valence-electron chi connectivity index (χ2n) is 8.65. The van der Waals surface area contributed by atoms with Crippen molar-refractivity contribution in [3.05, 3.63) is 64.2 Å². The van der Waals surface area contributed by atoms with Crippen LogP contribution in [0.15, 0.2) is 47.3 Å². The predicted molar refractivity (Wildman–Crippen MR) is 144 cm³/mol. The highest BCUT2D eigenvalue weighted by atomic mass is 16.2. The van der Waals surface area contributed by atoms with Gasteiger partial charge < -0.3 is 25.1 Å². The van der Waals surface area contributed by atoms with Crippen LogP contribution in [0, 0.1) is 6.92 Å². The van der Waals surface area contributed by atoms with Crippen LogP contribution >= 0.6 is 0 Å². The summed E-state index contributed by atoms with van der Waals surface area (Å²) in [5.41, 5.74) is 3.36. The molecule has 3 N–H and O–H groups in total. The molecule has 2 aromatic carbocycles. The minimum absolute atomic E-state index is 0.309. The van der Waals surface area contributed by atoms with E-state index >= 15 is 0 Å². The summed E-state index contributed by atoms with van der Waals surface area (Å²) in [6, 6.07) is 14.2. The zero-order valence-corrected chi connectivity index (χ0v) is 20.9. The number of aromatic amines is 1. The first kappa shape index (κ1) is 24.5. The van der Waals surface area contributed by atoms with Gasteiger partial charge in [-0.25, -0.2) is 4.79 Å². The molecule has 0 fully saturated rings. The van der Waals surface area contributed by atoms with Gasteiger partial charge in [-0.2, -0.15) is 4.98 Å². The minimum Gasteiger partial charge on any atom is -0.369 e. The molecule has 0 aliphatic rings. The number of fused-ring (bicyclic) bond motifs is 3. The highest BCUT2D eigenvalue weighted by molar-refractivity contribution is 6.12. The van der Waals surface area contributed by atoms with E-state index < -0.39 is 5.69 Å². The van der Waals surface area contributed by atoms with Crippen LogP contribution in [0.1, 0.15) is 43.2 Å². The van der Waals surface area contributed by atoms with Crippen LogP contribution in [-0.4, -0.2) is 51.5 Å². The van der Waals surface area contributed by atoms with Crippen molar-refractivity contribution in [2.45, 2.75) is 40.7 Å². The van der Waals surface area contributed by atoms with Gasteiger partial charge in [-0.3, -0.25) is 4.79 Å². The molecule has 0 aliphatic heterocycles. The minimum atomic E-state index is -0.473. The molecule has 0 saturated carbocycles. The first-order valence-electron chi connectivity index (χ1n) is 12.4. The fourth-order valence-electron chi connectivity index (χ4n) is 4.71. The molecule has 0 saturated heterocycles. The molecule has 2 heterocycles. The van der Waals surface area contributed by atoms with E-state index in [-0.39, 0.29) is 5.91 Å². The summed E-state index contributed by atoms with van der Waals surface area (Å²) in [5, 5.41) is 8.46. The van der Waals surface area contributed by atoms with Crippen LogP contribution < -0.4 is 16.3 Å². The normalized spacial score (nSPS) is 11.5. The smallest absolute Gasteiger partial charge is 0.347 e. The van der Waals surface area contributed by atoms with Gasteiger partial charge in [-0.15, -0.1) is 0 Å². The number of nitrogens with zero attached hydrogens (tertiary/aromatic N) is 3. The molecular formula is C27H34N6O2. The number of carbonyl (C=O) groups excluding carboxylic acids is 1. The summed E-state index contributed by atoms with van der Waals surface area (Å²) in [4.78, 5) is 34.4. The Bertz CT molecular complexity index is 1400. The summed E-state index contributed by atoms with van der Waals surface area (Å²) in [6.07, 6.45) is 0.883. The molecule has 0 spiro atoms. The molecule has 184 valence electrons. The molecule has 0 bridgehead atoms. The molecular weight excluding hydrogens is 440 g/mol. The number of aromatic nitrogens is 3. The van der Waals surface area contributed by atoms with Crippen molar-refractivity contribution in [1.29, 1.82) is 0 Å². The number of hydrogen-bond acceptors (Lipinski definition) is 5. The number of hydrogen-bond donors (Lipinski definition) is 3. The molecule has 0 atom stereocenters. The van der Waals surface area contributed by atoms with E-state index in [1.54, 1.807) is 6.92 Å². The molecule has 8 heteroatoms. The van der Waals surface area contributed by atoms with E-state index in [9.17, 15) is 9.59 Å². The van der Waals surface area contributed by atoms with Crippen LogP contribution in [0.2, 0.25) is 0 Å². The lowest BCUT2D eigenvalue weighted by Gasteiger charge is -2.18. The highest BCUT2D eigenvalue weighted by Crippen LogP contribution is 2.31. The van der Waals surface area contributed by atoms with E-state index in [0.717, 1.165) is 48.9 Å². The SMILES string of the molecule is CCN(CC)CCCNc1nc(=O)[nH]c(C)c1C(=O)Nc1ccc2c(c1)c1ccccc1n2CC. The van der Waals surface area contributed by atoms with Gasteiger partial charge in [-0.1, -0.05) is 32.0 Å². The maximum atomic E-state index is 13.3. The number of amides is 1. The maximum absolute atomic E-state index is 13.3. The van der Waals surface area contributed by atoms with E-state index in [1.807, 2.05) is 30.3 Å². The van der Waals surface area contributed by atoms with Gasteiger partial charge in [0.1, 0.15) is 11.4 Å². The summed E-state index contributed by atoms with van der Waals surface area (Å²) in [5.74, 6) is 0.00281. The first-order chi connectivity index (χ1) is 17.0. The third-order valence-corrected chi connectivity index (χ3v) is 6.53. The van der Waals surface area contributed by atoms with Crippen molar-refractivity contribution < 1.29 is 4.79 Å². The Morgan fingerprint density at radius 1 is 1.06 bits per heavy atom. The van der Waals surface area contributed by atoms with Crippen LogP contribution in [0.5, 0.6) is 0 Å². The molecule has 1 amide bonds. The zero-order valence-electron chi connectivity index (χ0n) is 20.9. The van der Waals surface area contributed by atoms with Gasteiger partial charge in [0, 0.05) is 46.3 Å². The van der Waals surface area contributed by atoms with E-state index in [1.165, 1.54) is 5.52 Å². The van der Waals surface area contributed by atoms with Crippen molar-refractivity contribution in [3.63, 3.8) is 0 Å². The van der Waals surface area contributed by atoms with Crippen LogP contribution in [0.4, 0.5) is 11.5 Å². The third kappa shape index (κ3) is 5.07. The highest BCUT2D eigenvalue weighted by Gasteiger charge is 2.19. The number of H-pyrrole nitrogens is 1. The second-order valence-corrected chi connectivity index (χ2v) is 8.65. The lowest BCUT2D eigenvalue weighted by molar-refractivity contribution is 0.102. The van der Waals surface area contributed by atoms with Gasteiger partial charge in [0.25, 0.3) is 5.91 Å².